The number of carbonyl (C=O) groups is 2. The van der Waals surface area contributed by atoms with Crippen LogP contribution in [-0.2, 0) is 16.1 Å². The molecule has 2 unspecified atom stereocenters. The number of pyridine rings is 1. The van der Waals surface area contributed by atoms with Crippen LogP contribution in [0.25, 0.3) is 0 Å². The van der Waals surface area contributed by atoms with Crippen molar-refractivity contribution in [3.05, 3.63) is 76.1 Å². The van der Waals surface area contributed by atoms with Crippen molar-refractivity contribution in [2.24, 2.45) is 16.8 Å². The van der Waals surface area contributed by atoms with Gasteiger partial charge in [-0.25, -0.2) is 8.78 Å². The van der Waals surface area contributed by atoms with Crippen molar-refractivity contribution in [3.63, 3.8) is 0 Å². The Morgan fingerprint density at radius 3 is 2.68 bits per heavy atom. The second kappa shape index (κ2) is 10.5. The van der Waals surface area contributed by atoms with E-state index < -0.39 is 23.5 Å². The number of piperidine rings is 1. The zero-order chi connectivity index (χ0) is 26.1. The molecule has 1 aromatic heterocycles. The molecule has 194 valence electrons. The van der Waals surface area contributed by atoms with E-state index in [-0.39, 0.29) is 36.9 Å². The molecule has 0 radical (unpaired) electrons. The lowest BCUT2D eigenvalue weighted by Gasteiger charge is -2.37. The number of aryl methyl sites for hydroxylation is 1. The van der Waals surface area contributed by atoms with E-state index in [9.17, 15) is 23.5 Å². The van der Waals surface area contributed by atoms with Crippen molar-refractivity contribution in [2.45, 2.75) is 32.7 Å². The lowest BCUT2D eigenvalue weighted by Crippen LogP contribution is -2.45. The highest BCUT2D eigenvalue weighted by molar-refractivity contribution is 6.15. The minimum atomic E-state index is -0.955. The third-order valence-electron chi connectivity index (χ3n) is 7.56. The van der Waals surface area contributed by atoms with E-state index in [1.165, 1.54) is 23.8 Å². The quantitative estimate of drug-likeness (QED) is 0.644. The van der Waals surface area contributed by atoms with Crippen molar-refractivity contribution >= 4 is 17.6 Å². The van der Waals surface area contributed by atoms with E-state index in [4.69, 9.17) is 4.99 Å². The molecule has 3 aliphatic heterocycles. The second-order valence-corrected chi connectivity index (χ2v) is 10.2. The van der Waals surface area contributed by atoms with E-state index in [2.05, 4.69) is 4.98 Å². The molecule has 2 atom stereocenters. The summed E-state index contributed by atoms with van der Waals surface area (Å²) >= 11 is 0. The van der Waals surface area contributed by atoms with Crippen LogP contribution in [0.2, 0.25) is 0 Å². The van der Waals surface area contributed by atoms with Gasteiger partial charge in [0.15, 0.2) is 0 Å². The number of rotatable bonds is 6. The van der Waals surface area contributed by atoms with Gasteiger partial charge in [-0.2, -0.15) is 0 Å². The normalized spacial score (nSPS) is 22.1. The van der Waals surface area contributed by atoms with E-state index in [0.29, 0.717) is 32.6 Å². The van der Waals surface area contributed by atoms with Crippen LogP contribution in [0.1, 0.15) is 36.1 Å². The number of aliphatic carboxylic acids is 1. The summed E-state index contributed by atoms with van der Waals surface area (Å²) in [6, 6.07) is 7.64. The maximum absolute atomic E-state index is 14.2. The minimum absolute atomic E-state index is 0.0297. The molecule has 0 saturated carbocycles. The molecule has 37 heavy (non-hydrogen) atoms. The number of halogens is 2. The molecule has 1 fully saturated rings. The Bertz CT molecular complexity index is 1270. The molecule has 1 aromatic carbocycles. The molecule has 9 heteroatoms. The van der Waals surface area contributed by atoms with Crippen LogP contribution in [0.3, 0.4) is 0 Å². The van der Waals surface area contributed by atoms with Gasteiger partial charge in [-0.3, -0.25) is 24.5 Å². The predicted octanol–water partition coefficient (Wildman–Crippen LogP) is 3.61. The fraction of sp³-hybridized carbons (Fsp3) is 0.429. The smallest absolute Gasteiger partial charge is 0.307 e. The first-order chi connectivity index (χ1) is 17.8. The van der Waals surface area contributed by atoms with Crippen molar-refractivity contribution in [3.8, 4) is 0 Å². The summed E-state index contributed by atoms with van der Waals surface area (Å²) in [5.74, 6) is -3.20. The van der Waals surface area contributed by atoms with Gasteiger partial charge in [0.05, 0.1) is 18.2 Å². The standard InChI is InChI=1S/C28H30F2N4O3/c1-17-9-19(5-7-31-17)27-22-16-34(8-6-20(22)12-32-27)26(35)11-18-10-21(28(36)37)14-33(13-18)15-23-24(29)3-2-4-25(23)30/h2-5,7,9,18,21H,6,8,10-16H2,1H3,(H,36,37). The second-order valence-electron chi connectivity index (χ2n) is 10.2. The van der Waals surface area contributed by atoms with Gasteiger partial charge < -0.3 is 10.0 Å². The monoisotopic (exact) mass is 508 g/mol. The number of likely N-dealkylation sites (tertiary alicyclic amines) is 1. The van der Waals surface area contributed by atoms with Crippen molar-refractivity contribution in [1.29, 1.82) is 0 Å². The lowest BCUT2D eigenvalue weighted by atomic mass is 9.86. The fourth-order valence-electron chi connectivity index (χ4n) is 5.70. The zero-order valence-electron chi connectivity index (χ0n) is 20.8. The lowest BCUT2D eigenvalue weighted by molar-refractivity contribution is -0.145. The highest BCUT2D eigenvalue weighted by Gasteiger charge is 2.35. The van der Waals surface area contributed by atoms with Crippen molar-refractivity contribution in [1.82, 2.24) is 14.8 Å². The summed E-state index contributed by atoms with van der Waals surface area (Å²) in [6.45, 7) is 4.25. The number of hydrogen-bond acceptors (Lipinski definition) is 5. The SMILES string of the molecule is Cc1cc(C2=NCC3=C2CN(C(=O)CC2CC(C(=O)O)CN(Cc4c(F)cccc4F)C2)CC3)ccn1. The molecule has 5 rings (SSSR count). The molecule has 1 saturated heterocycles. The summed E-state index contributed by atoms with van der Waals surface area (Å²) in [5, 5.41) is 9.70. The van der Waals surface area contributed by atoms with E-state index in [0.717, 1.165) is 29.0 Å². The van der Waals surface area contributed by atoms with Crippen LogP contribution in [0, 0.1) is 30.4 Å². The number of amides is 1. The molecule has 0 bridgehead atoms. The van der Waals surface area contributed by atoms with Crippen LogP contribution >= 0.6 is 0 Å². The Morgan fingerprint density at radius 1 is 1.16 bits per heavy atom. The fourth-order valence-corrected chi connectivity index (χ4v) is 5.70. The number of hydrogen-bond donors (Lipinski definition) is 1. The number of carboxylic acids is 1. The number of carbonyl (C=O) groups excluding carboxylic acids is 1. The number of aromatic nitrogens is 1. The molecule has 1 amide bonds. The Balaban J connectivity index is 1.26. The summed E-state index contributed by atoms with van der Waals surface area (Å²) in [6.07, 6.45) is 3.09. The van der Waals surface area contributed by atoms with E-state index in [1.54, 1.807) is 11.1 Å². The first kappa shape index (κ1) is 25.2. The topological polar surface area (TPSA) is 86.1 Å². The first-order valence-electron chi connectivity index (χ1n) is 12.6. The summed E-state index contributed by atoms with van der Waals surface area (Å²) < 4.78 is 28.5. The Hall–Kier alpha value is -3.46. The highest BCUT2D eigenvalue weighted by Crippen LogP contribution is 2.31. The van der Waals surface area contributed by atoms with Crippen molar-refractivity contribution in [2.75, 3.05) is 32.7 Å². The molecule has 7 nitrogen and oxygen atoms in total. The van der Waals surface area contributed by atoms with E-state index >= 15 is 0 Å². The summed E-state index contributed by atoms with van der Waals surface area (Å²) in [7, 11) is 0. The molecular formula is C28H30F2N4O3. The van der Waals surface area contributed by atoms with Gasteiger partial charge in [-0.05, 0) is 61.1 Å². The zero-order valence-corrected chi connectivity index (χ0v) is 20.8. The van der Waals surface area contributed by atoms with Gasteiger partial charge in [0.1, 0.15) is 11.6 Å². The summed E-state index contributed by atoms with van der Waals surface area (Å²) in [4.78, 5) is 37.8. The maximum atomic E-state index is 14.2. The minimum Gasteiger partial charge on any atom is -0.481 e. The van der Waals surface area contributed by atoms with Gasteiger partial charge in [0.25, 0.3) is 0 Å². The average Bonchev–Trinajstić information content (AvgIpc) is 3.29. The Morgan fingerprint density at radius 2 is 1.95 bits per heavy atom. The molecule has 0 aliphatic carbocycles. The van der Waals surface area contributed by atoms with Crippen LogP contribution in [-0.4, -0.2) is 70.2 Å². The van der Waals surface area contributed by atoms with Crippen LogP contribution in [0.4, 0.5) is 8.78 Å². The summed E-state index contributed by atoms with van der Waals surface area (Å²) in [5.41, 5.74) is 5.10. The molecule has 0 spiro atoms. The van der Waals surface area contributed by atoms with Crippen LogP contribution in [0.5, 0.6) is 0 Å². The third kappa shape index (κ3) is 5.46. The highest BCUT2D eigenvalue weighted by atomic mass is 19.1. The molecule has 2 aromatic rings. The first-order valence-corrected chi connectivity index (χ1v) is 12.6. The molecular weight excluding hydrogens is 478 g/mol. The van der Waals surface area contributed by atoms with Gasteiger partial charge in [0.2, 0.25) is 5.91 Å². The van der Waals surface area contributed by atoms with Crippen LogP contribution < -0.4 is 0 Å². The third-order valence-corrected chi connectivity index (χ3v) is 7.56. The van der Waals surface area contributed by atoms with Gasteiger partial charge >= 0.3 is 5.97 Å². The van der Waals surface area contributed by atoms with Crippen molar-refractivity contribution < 1.29 is 23.5 Å². The number of nitrogens with zero attached hydrogens (tertiary/aromatic N) is 4. The molecule has 3 aliphatic rings. The van der Waals surface area contributed by atoms with Gasteiger partial charge in [-0.15, -0.1) is 0 Å². The van der Waals surface area contributed by atoms with E-state index in [1.807, 2.05) is 24.0 Å². The van der Waals surface area contributed by atoms with Gasteiger partial charge in [0, 0.05) is 62.2 Å². The average molecular weight is 509 g/mol. The predicted molar refractivity (Wildman–Crippen MR) is 134 cm³/mol. The van der Waals surface area contributed by atoms with Crippen LogP contribution in [0.15, 0.2) is 52.7 Å². The number of aliphatic imine (C=N–C) groups is 1. The number of carboxylic acid groups (broad SMARTS) is 1. The molecule has 1 N–H and O–H groups in total. The molecule has 4 heterocycles. The largest absolute Gasteiger partial charge is 0.481 e. The Labute approximate surface area is 214 Å². The number of benzene rings is 1. The van der Waals surface area contributed by atoms with Gasteiger partial charge in [-0.1, -0.05) is 6.07 Å². The Kier molecular flexibility index (Phi) is 7.15. The maximum Gasteiger partial charge on any atom is 0.307 e.